The summed E-state index contributed by atoms with van der Waals surface area (Å²) in [4.78, 5) is 16.6. The molecule has 14 heavy (non-hydrogen) atoms. The summed E-state index contributed by atoms with van der Waals surface area (Å²) in [5, 5.41) is 9.18. The van der Waals surface area contributed by atoms with Crippen molar-refractivity contribution in [3.63, 3.8) is 0 Å². The summed E-state index contributed by atoms with van der Waals surface area (Å²) in [6.45, 7) is 1.38. The van der Waals surface area contributed by atoms with Crippen LogP contribution in [-0.2, 0) is 4.79 Å². The van der Waals surface area contributed by atoms with Gasteiger partial charge in [0, 0.05) is 26.4 Å². The van der Waals surface area contributed by atoms with E-state index >= 15 is 0 Å². The number of aliphatic hydroxyl groups is 1. The van der Waals surface area contributed by atoms with Crippen LogP contribution in [0.3, 0.4) is 0 Å². The van der Waals surface area contributed by atoms with Gasteiger partial charge in [-0.25, -0.2) is 0 Å². The Labute approximate surface area is 83.2 Å². The molecule has 0 aliphatic rings. The normalized spacial score (nSPS) is 12.2. The molecule has 0 aliphatic heterocycles. The molecule has 1 unspecified atom stereocenters. The van der Waals surface area contributed by atoms with Crippen molar-refractivity contribution in [1.82, 2.24) is 9.88 Å². The van der Waals surface area contributed by atoms with Crippen molar-refractivity contribution in [1.29, 1.82) is 0 Å². The number of aromatic nitrogens is 1. The maximum atomic E-state index is 11.1. The van der Waals surface area contributed by atoms with Gasteiger partial charge in [-0.2, -0.15) is 0 Å². The third-order valence-electron chi connectivity index (χ3n) is 2.21. The first-order valence-corrected chi connectivity index (χ1v) is 4.41. The first-order chi connectivity index (χ1) is 6.66. The molecule has 76 valence electrons. The van der Waals surface area contributed by atoms with Crippen LogP contribution in [0.15, 0.2) is 24.5 Å². The Bertz CT molecular complexity index is 300. The Morgan fingerprint density at radius 1 is 1.71 bits per heavy atom. The topological polar surface area (TPSA) is 53.4 Å². The fraction of sp³-hybridized carbons (Fsp3) is 0.400. The average Bonchev–Trinajstić information content (AvgIpc) is 2.20. The molecule has 0 fully saturated rings. The number of pyridine rings is 1. The first-order valence-electron chi connectivity index (χ1n) is 4.41. The minimum Gasteiger partial charge on any atom is -0.394 e. The van der Waals surface area contributed by atoms with Gasteiger partial charge in [0.25, 0.3) is 0 Å². The second-order valence-electron chi connectivity index (χ2n) is 3.11. The Hall–Kier alpha value is -1.42. The largest absolute Gasteiger partial charge is 0.394 e. The summed E-state index contributed by atoms with van der Waals surface area (Å²) < 4.78 is 0. The van der Waals surface area contributed by atoms with Gasteiger partial charge < -0.3 is 10.0 Å². The summed E-state index contributed by atoms with van der Waals surface area (Å²) in [6.07, 6.45) is 3.31. The van der Waals surface area contributed by atoms with Gasteiger partial charge in [-0.3, -0.25) is 9.78 Å². The van der Waals surface area contributed by atoms with E-state index in [4.69, 9.17) is 0 Å². The lowest BCUT2D eigenvalue weighted by molar-refractivity contribution is -0.130. The van der Waals surface area contributed by atoms with Gasteiger partial charge in [0.15, 0.2) is 0 Å². The van der Waals surface area contributed by atoms with E-state index in [2.05, 4.69) is 4.98 Å². The molecule has 4 heteroatoms. The predicted octanol–water partition coefficient (Wildman–Crippen LogP) is 0.593. The number of hydrogen-bond donors (Lipinski definition) is 1. The van der Waals surface area contributed by atoms with E-state index in [0.717, 1.165) is 5.56 Å². The molecular weight excluding hydrogens is 180 g/mol. The molecule has 0 saturated heterocycles. The van der Waals surface area contributed by atoms with E-state index in [9.17, 15) is 9.90 Å². The van der Waals surface area contributed by atoms with Gasteiger partial charge in [-0.15, -0.1) is 0 Å². The third-order valence-corrected chi connectivity index (χ3v) is 2.21. The lowest BCUT2D eigenvalue weighted by Gasteiger charge is -2.25. The fourth-order valence-electron chi connectivity index (χ4n) is 1.24. The zero-order valence-electron chi connectivity index (χ0n) is 8.34. The number of rotatable bonds is 3. The van der Waals surface area contributed by atoms with Crippen LogP contribution in [0.25, 0.3) is 0 Å². The quantitative estimate of drug-likeness (QED) is 0.766. The number of amides is 1. The van der Waals surface area contributed by atoms with Gasteiger partial charge in [-0.05, 0) is 11.6 Å². The summed E-state index contributed by atoms with van der Waals surface area (Å²) in [5.74, 6) is -0.0760. The molecule has 0 aromatic carbocycles. The van der Waals surface area contributed by atoms with E-state index < -0.39 is 0 Å². The van der Waals surface area contributed by atoms with Crippen LogP contribution in [0.1, 0.15) is 18.5 Å². The van der Waals surface area contributed by atoms with E-state index in [1.54, 1.807) is 25.5 Å². The number of carbonyl (C=O) groups is 1. The number of carbonyl (C=O) groups excluding carboxylic acids is 1. The van der Waals surface area contributed by atoms with Crippen LogP contribution < -0.4 is 0 Å². The Balaban J connectivity index is 2.87. The third kappa shape index (κ3) is 2.29. The van der Waals surface area contributed by atoms with Crippen LogP contribution in [-0.4, -0.2) is 34.6 Å². The number of nitrogens with zero attached hydrogens (tertiary/aromatic N) is 2. The van der Waals surface area contributed by atoms with E-state index in [1.165, 1.54) is 11.8 Å². The van der Waals surface area contributed by atoms with Crippen molar-refractivity contribution in [3.8, 4) is 0 Å². The molecule has 0 bridgehead atoms. The highest BCUT2D eigenvalue weighted by Crippen LogP contribution is 2.17. The molecule has 1 aromatic rings. The Kier molecular flexibility index (Phi) is 3.59. The summed E-state index contributed by atoms with van der Waals surface area (Å²) in [7, 11) is 1.66. The summed E-state index contributed by atoms with van der Waals surface area (Å²) in [5.41, 5.74) is 0.840. The minimum atomic E-state index is -0.304. The Morgan fingerprint density at radius 3 is 2.86 bits per heavy atom. The van der Waals surface area contributed by atoms with E-state index in [-0.39, 0.29) is 18.6 Å². The standard InChI is InChI=1S/C10H14N2O2/c1-8(14)12(2)10(7-13)9-4-3-5-11-6-9/h3-6,10,13H,7H2,1-2H3. The molecule has 1 aromatic heterocycles. The number of hydrogen-bond acceptors (Lipinski definition) is 3. The van der Waals surface area contributed by atoms with Crippen LogP contribution in [0.4, 0.5) is 0 Å². The van der Waals surface area contributed by atoms with Gasteiger partial charge in [0.05, 0.1) is 12.6 Å². The zero-order chi connectivity index (χ0) is 10.6. The van der Waals surface area contributed by atoms with Crippen molar-refractivity contribution in [2.45, 2.75) is 13.0 Å². The molecule has 4 nitrogen and oxygen atoms in total. The average molecular weight is 194 g/mol. The number of likely N-dealkylation sites (N-methyl/N-ethyl adjacent to an activating group) is 1. The highest BCUT2D eigenvalue weighted by Gasteiger charge is 2.17. The molecule has 1 amide bonds. The lowest BCUT2D eigenvalue weighted by atomic mass is 10.1. The predicted molar refractivity (Wildman–Crippen MR) is 52.5 cm³/mol. The molecule has 0 spiro atoms. The second kappa shape index (κ2) is 4.72. The van der Waals surface area contributed by atoms with E-state index in [1.807, 2.05) is 6.07 Å². The van der Waals surface area contributed by atoms with Crippen molar-refractivity contribution in [2.75, 3.05) is 13.7 Å². The van der Waals surface area contributed by atoms with Crippen molar-refractivity contribution < 1.29 is 9.90 Å². The molecule has 0 radical (unpaired) electrons. The maximum Gasteiger partial charge on any atom is 0.219 e. The van der Waals surface area contributed by atoms with Gasteiger partial charge in [-0.1, -0.05) is 6.07 Å². The van der Waals surface area contributed by atoms with E-state index in [0.29, 0.717) is 0 Å². The number of aliphatic hydroxyl groups excluding tert-OH is 1. The summed E-state index contributed by atoms with van der Waals surface area (Å²) in [6, 6.07) is 3.32. The SMILES string of the molecule is CC(=O)N(C)C(CO)c1cccnc1. The van der Waals surface area contributed by atoms with Gasteiger partial charge in [0.1, 0.15) is 0 Å². The second-order valence-corrected chi connectivity index (χ2v) is 3.11. The van der Waals surface area contributed by atoms with Crippen LogP contribution in [0, 0.1) is 0 Å². The molecule has 1 N–H and O–H groups in total. The molecule has 1 rings (SSSR count). The smallest absolute Gasteiger partial charge is 0.219 e. The summed E-state index contributed by atoms with van der Waals surface area (Å²) >= 11 is 0. The van der Waals surface area contributed by atoms with Crippen LogP contribution >= 0.6 is 0 Å². The highest BCUT2D eigenvalue weighted by atomic mass is 16.3. The molecule has 0 aliphatic carbocycles. The van der Waals surface area contributed by atoms with Crippen molar-refractivity contribution in [2.24, 2.45) is 0 Å². The highest BCUT2D eigenvalue weighted by molar-refractivity contribution is 5.73. The molecule has 1 atom stereocenters. The zero-order valence-corrected chi connectivity index (χ0v) is 8.34. The Morgan fingerprint density at radius 2 is 2.43 bits per heavy atom. The molecule has 0 saturated carbocycles. The monoisotopic (exact) mass is 194 g/mol. The minimum absolute atomic E-state index is 0.0760. The van der Waals surface area contributed by atoms with Crippen molar-refractivity contribution in [3.05, 3.63) is 30.1 Å². The van der Waals surface area contributed by atoms with Gasteiger partial charge >= 0.3 is 0 Å². The lowest BCUT2D eigenvalue weighted by Crippen LogP contribution is -2.31. The van der Waals surface area contributed by atoms with Crippen LogP contribution in [0.2, 0.25) is 0 Å². The fourth-order valence-corrected chi connectivity index (χ4v) is 1.24. The van der Waals surface area contributed by atoms with Crippen molar-refractivity contribution >= 4 is 5.91 Å². The maximum absolute atomic E-state index is 11.1. The first kappa shape index (κ1) is 10.7. The van der Waals surface area contributed by atoms with Crippen LogP contribution in [0.5, 0.6) is 0 Å². The molecular formula is C10H14N2O2. The van der Waals surface area contributed by atoms with Gasteiger partial charge in [0.2, 0.25) is 5.91 Å². The molecule has 1 heterocycles.